The lowest BCUT2D eigenvalue weighted by Gasteiger charge is -2.17. The van der Waals surface area contributed by atoms with Gasteiger partial charge < -0.3 is 10.6 Å². The zero-order valence-corrected chi connectivity index (χ0v) is 14.3. The van der Waals surface area contributed by atoms with E-state index in [0.717, 1.165) is 18.9 Å². The standard InChI is InChI=1S/C20H27N3/c1-14(2)18-12-19(17-7-5-4-6-16(17)18)21-10-11-22-20-9-8-15(3)13-23-20/h4-9,13-14,18-19,21H,10-12H2,1-3H3,(H,22,23). The van der Waals surface area contributed by atoms with Crippen molar-refractivity contribution in [2.45, 2.75) is 39.2 Å². The predicted molar refractivity (Wildman–Crippen MR) is 96.8 cm³/mol. The fourth-order valence-electron chi connectivity index (χ4n) is 3.51. The Morgan fingerprint density at radius 3 is 2.57 bits per heavy atom. The molecular weight excluding hydrogens is 282 g/mol. The summed E-state index contributed by atoms with van der Waals surface area (Å²) in [5.41, 5.74) is 4.21. The van der Waals surface area contributed by atoms with Crippen LogP contribution in [0.1, 0.15) is 48.9 Å². The number of benzene rings is 1. The number of hydrogen-bond acceptors (Lipinski definition) is 3. The molecule has 0 aliphatic heterocycles. The van der Waals surface area contributed by atoms with E-state index in [1.165, 1.54) is 23.1 Å². The van der Waals surface area contributed by atoms with Crippen molar-refractivity contribution >= 4 is 5.82 Å². The van der Waals surface area contributed by atoms with Crippen LogP contribution >= 0.6 is 0 Å². The Morgan fingerprint density at radius 2 is 1.87 bits per heavy atom. The van der Waals surface area contributed by atoms with Crippen molar-refractivity contribution in [3.8, 4) is 0 Å². The molecule has 1 aliphatic carbocycles. The van der Waals surface area contributed by atoms with Crippen LogP contribution in [0.2, 0.25) is 0 Å². The Hall–Kier alpha value is -1.87. The highest BCUT2D eigenvalue weighted by Crippen LogP contribution is 2.43. The molecule has 2 N–H and O–H groups in total. The van der Waals surface area contributed by atoms with Crippen LogP contribution in [0.3, 0.4) is 0 Å². The molecular formula is C20H27N3. The first-order valence-electron chi connectivity index (χ1n) is 8.64. The molecule has 3 rings (SSSR count). The van der Waals surface area contributed by atoms with Crippen molar-refractivity contribution in [3.05, 3.63) is 59.3 Å². The molecule has 3 nitrogen and oxygen atoms in total. The van der Waals surface area contributed by atoms with Gasteiger partial charge in [-0.3, -0.25) is 0 Å². The minimum Gasteiger partial charge on any atom is -0.369 e. The maximum absolute atomic E-state index is 4.38. The van der Waals surface area contributed by atoms with Gasteiger partial charge in [-0.05, 0) is 47.9 Å². The molecule has 0 radical (unpaired) electrons. The molecule has 1 aromatic carbocycles. The third-order valence-electron chi connectivity index (χ3n) is 4.80. The number of aryl methyl sites for hydroxylation is 1. The maximum Gasteiger partial charge on any atom is 0.125 e. The number of anilines is 1. The minimum atomic E-state index is 0.478. The highest BCUT2D eigenvalue weighted by molar-refractivity contribution is 5.38. The van der Waals surface area contributed by atoms with Crippen molar-refractivity contribution in [1.82, 2.24) is 10.3 Å². The zero-order valence-electron chi connectivity index (χ0n) is 14.3. The van der Waals surface area contributed by atoms with Gasteiger partial charge in [-0.1, -0.05) is 44.2 Å². The van der Waals surface area contributed by atoms with Gasteiger partial charge in [-0.15, -0.1) is 0 Å². The van der Waals surface area contributed by atoms with E-state index in [-0.39, 0.29) is 0 Å². The van der Waals surface area contributed by atoms with E-state index in [9.17, 15) is 0 Å². The van der Waals surface area contributed by atoms with Gasteiger partial charge in [-0.25, -0.2) is 4.98 Å². The normalized spacial score (nSPS) is 19.8. The van der Waals surface area contributed by atoms with E-state index in [2.05, 4.69) is 66.7 Å². The van der Waals surface area contributed by atoms with Crippen molar-refractivity contribution in [3.63, 3.8) is 0 Å². The first kappa shape index (κ1) is 16.0. The molecule has 0 amide bonds. The first-order chi connectivity index (χ1) is 11.1. The first-order valence-corrected chi connectivity index (χ1v) is 8.64. The second-order valence-electron chi connectivity index (χ2n) is 6.87. The van der Waals surface area contributed by atoms with Crippen LogP contribution in [-0.2, 0) is 0 Å². The predicted octanol–water partition coefficient (Wildman–Crippen LogP) is 4.28. The average Bonchev–Trinajstić information content (AvgIpc) is 2.92. The third-order valence-corrected chi connectivity index (χ3v) is 4.80. The fraction of sp³-hybridized carbons (Fsp3) is 0.450. The van der Waals surface area contributed by atoms with E-state index < -0.39 is 0 Å². The van der Waals surface area contributed by atoms with E-state index in [1.54, 1.807) is 0 Å². The minimum absolute atomic E-state index is 0.478. The zero-order chi connectivity index (χ0) is 16.2. The van der Waals surface area contributed by atoms with E-state index in [0.29, 0.717) is 17.9 Å². The summed E-state index contributed by atoms with van der Waals surface area (Å²) in [5.74, 6) is 2.32. The number of rotatable bonds is 6. The van der Waals surface area contributed by atoms with Crippen molar-refractivity contribution in [2.75, 3.05) is 18.4 Å². The second kappa shape index (κ2) is 7.14. The summed E-state index contributed by atoms with van der Waals surface area (Å²) in [6, 6.07) is 13.5. The van der Waals surface area contributed by atoms with Crippen LogP contribution in [0.15, 0.2) is 42.6 Å². The quantitative estimate of drug-likeness (QED) is 0.782. The molecule has 2 aromatic rings. The monoisotopic (exact) mass is 309 g/mol. The molecule has 0 fully saturated rings. The summed E-state index contributed by atoms with van der Waals surface area (Å²) in [6.45, 7) is 8.55. The molecule has 0 saturated carbocycles. The molecule has 1 aliphatic rings. The lowest BCUT2D eigenvalue weighted by atomic mass is 9.90. The van der Waals surface area contributed by atoms with Gasteiger partial charge in [0.15, 0.2) is 0 Å². The van der Waals surface area contributed by atoms with Gasteiger partial charge in [0.05, 0.1) is 0 Å². The molecule has 0 saturated heterocycles. The summed E-state index contributed by atoms with van der Waals surface area (Å²) in [7, 11) is 0. The molecule has 0 spiro atoms. The van der Waals surface area contributed by atoms with E-state index in [1.807, 2.05) is 12.3 Å². The van der Waals surface area contributed by atoms with Gasteiger partial charge in [0, 0.05) is 25.3 Å². The third kappa shape index (κ3) is 3.73. The van der Waals surface area contributed by atoms with E-state index >= 15 is 0 Å². The molecule has 1 heterocycles. The number of fused-ring (bicyclic) bond motifs is 1. The molecule has 122 valence electrons. The van der Waals surface area contributed by atoms with Gasteiger partial charge in [-0.2, -0.15) is 0 Å². The van der Waals surface area contributed by atoms with Crippen LogP contribution in [0.4, 0.5) is 5.82 Å². The molecule has 1 aromatic heterocycles. The number of hydrogen-bond donors (Lipinski definition) is 2. The SMILES string of the molecule is Cc1ccc(NCCNC2CC(C(C)C)c3ccccc32)nc1. The largest absolute Gasteiger partial charge is 0.369 e. The van der Waals surface area contributed by atoms with Crippen molar-refractivity contribution in [1.29, 1.82) is 0 Å². The average molecular weight is 309 g/mol. The summed E-state index contributed by atoms with van der Waals surface area (Å²) >= 11 is 0. The van der Waals surface area contributed by atoms with Crippen LogP contribution < -0.4 is 10.6 Å². The smallest absolute Gasteiger partial charge is 0.125 e. The number of pyridine rings is 1. The van der Waals surface area contributed by atoms with E-state index in [4.69, 9.17) is 0 Å². The van der Waals surface area contributed by atoms with Gasteiger partial charge in [0.1, 0.15) is 5.82 Å². The Kier molecular flexibility index (Phi) is 4.97. The second-order valence-corrected chi connectivity index (χ2v) is 6.87. The molecule has 0 bridgehead atoms. The van der Waals surface area contributed by atoms with Crippen LogP contribution in [0.5, 0.6) is 0 Å². The molecule has 2 atom stereocenters. The molecule has 23 heavy (non-hydrogen) atoms. The lowest BCUT2D eigenvalue weighted by Crippen LogP contribution is -2.26. The highest BCUT2D eigenvalue weighted by Gasteiger charge is 2.31. The van der Waals surface area contributed by atoms with Crippen molar-refractivity contribution in [2.24, 2.45) is 5.92 Å². The molecule has 2 unspecified atom stereocenters. The van der Waals surface area contributed by atoms with Gasteiger partial charge in [0.2, 0.25) is 0 Å². The van der Waals surface area contributed by atoms with Gasteiger partial charge in [0.25, 0.3) is 0 Å². The highest BCUT2D eigenvalue weighted by atomic mass is 15.0. The fourth-order valence-corrected chi connectivity index (χ4v) is 3.51. The summed E-state index contributed by atoms with van der Waals surface area (Å²) in [5, 5.41) is 7.09. The summed E-state index contributed by atoms with van der Waals surface area (Å²) in [6.07, 6.45) is 3.11. The molecule has 3 heteroatoms. The number of nitrogens with zero attached hydrogens (tertiary/aromatic N) is 1. The van der Waals surface area contributed by atoms with Gasteiger partial charge >= 0.3 is 0 Å². The number of nitrogens with one attached hydrogen (secondary N) is 2. The lowest BCUT2D eigenvalue weighted by molar-refractivity contribution is 0.433. The summed E-state index contributed by atoms with van der Waals surface area (Å²) in [4.78, 5) is 4.38. The van der Waals surface area contributed by atoms with Crippen LogP contribution in [0, 0.1) is 12.8 Å². The van der Waals surface area contributed by atoms with Crippen LogP contribution in [-0.4, -0.2) is 18.1 Å². The summed E-state index contributed by atoms with van der Waals surface area (Å²) < 4.78 is 0. The Bertz CT molecular complexity index is 634. The Morgan fingerprint density at radius 1 is 1.09 bits per heavy atom. The Balaban J connectivity index is 1.54. The maximum atomic E-state index is 4.38. The topological polar surface area (TPSA) is 37.0 Å². The Labute approximate surface area is 139 Å². The van der Waals surface area contributed by atoms with Crippen molar-refractivity contribution < 1.29 is 0 Å². The van der Waals surface area contributed by atoms with Crippen LogP contribution in [0.25, 0.3) is 0 Å². The number of aromatic nitrogens is 1.